The van der Waals surface area contributed by atoms with Crippen molar-refractivity contribution in [3.8, 4) is 0 Å². The molecular formula is C12H20O5. The van der Waals surface area contributed by atoms with Gasteiger partial charge in [0.05, 0.1) is 12.7 Å². The highest BCUT2D eigenvalue weighted by atomic mass is 16.6. The second-order valence-corrected chi connectivity index (χ2v) is 4.26. The SMILES string of the molecule is CCOC(=O)C1(OC(C)=O)CCCC(OC)C1. The topological polar surface area (TPSA) is 61.8 Å². The molecule has 2 unspecified atom stereocenters. The molecule has 0 amide bonds. The Morgan fingerprint density at radius 2 is 2.12 bits per heavy atom. The van der Waals surface area contributed by atoms with Crippen molar-refractivity contribution < 1.29 is 23.8 Å². The maximum atomic E-state index is 12.0. The number of hydrogen-bond acceptors (Lipinski definition) is 5. The third kappa shape index (κ3) is 3.43. The van der Waals surface area contributed by atoms with E-state index in [1.807, 2.05) is 0 Å². The second kappa shape index (κ2) is 6.00. The molecule has 0 aliphatic heterocycles. The van der Waals surface area contributed by atoms with Crippen LogP contribution in [0.5, 0.6) is 0 Å². The summed E-state index contributed by atoms with van der Waals surface area (Å²) in [5.74, 6) is -0.924. The Morgan fingerprint density at radius 3 is 2.65 bits per heavy atom. The van der Waals surface area contributed by atoms with Gasteiger partial charge in [-0.1, -0.05) is 0 Å². The molecule has 0 aromatic heterocycles. The Labute approximate surface area is 101 Å². The molecule has 1 saturated carbocycles. The van der Waals surface area contributed by atoms with Gasteiger partial charge in [-0.25, -0.2) is 4.79 Å². The highest BCUT2D eigenvalue weighted by molar-refractivity contribution is 5.83. The molecule has 0 radical (unpaired) electrons. The predicted molar refractivity (Wildman–Crippen MR) is 60.4 cm³/mol. The molecule has 1 aliphatic carbocycles. The molecule has 5 nitrogen and oxygen atoms in total. The van der Waals surface area contributed by atoms with E-state index in [9.17, 15) is 9.59 Å². The van der Waals surface area contributed by atoms with Crippen LogP contribution in [0.2, 0.25) is 0 Å². The van der Waals surface area contributed by atoms with E-state index < -0.39 is 17.5 Å². The lowest BCUT2D eigenvalue weighted by molar-refractivity contribution is -0.190. The van der Waals surface area contributed by atoms with E-state index in [1.54, 1.807) is 14.0 Å². The van der Waals surface area contributed by atoms with Crippen LogP contribution in [0.4, 0.5) is 0 Å². The number of ether oxygens (including phenoxy) is 3. The van der Waals surface area contributed by atoms with Gasteiger partial charge in [0.1, 0.15) is 0 Å². The molecule has 17 heavy (non-hydrogen) atoms. The monoisotopic (exact) mass is 244 g/mol. The summed E-state index contributed by atoms with van der Waals surface area (Å²) in [5, 5.41) is 0. The first kappa shape index (κ1) is 14.0. The van der Waals surface area contributed by atoms with Gasteiger partial charge in [0.15, 0.2) is 0 Å². The summed E-state index contributed by atoms with van der Waals surface area (Å²) >= 11 is 0. The molecule has 1 aliphatic rings. The van der Waals surface area contributed by atoms with Gasteiger partial charge < -0.3 is 14.2 Å². The highest BCUT2D eigenvalue weighted by Gasteiger charge is 2.47. The maximum absolute atomic E-state index is 12.0. The summed E-state index contributed by atoms with van der Waals surface area (Å²) in [5.41, 5.74) is -1.15. The van der Waals surface area contributed by atoms with E-state index in [0.717, 1.165) is 12.8 Å². The average molecular weight is 244 g/mol. The van der Waals surface area contributed by atoms with E-state index in [1.165, 1.54) is 6.92 Å². The number of methoxy groups -OCH3 is 1. The molecule has 0 heterocycles. The third-order valence-electron chi connectivity index (χ3n) is 2.98. The molecule has 1 fully saturated rings. The number of rotatable bonds is 4. The summed E-state index contributed by atoms with van der Waals surface area (Å²) in [6.07, 6.45) is 2.48. The van der Waals surface area contributed by atoms with Crippen LogP contribution in [0.1, 0.15) is 39.5 Å². The normalized spacial score (nSPS) is 28.5. The molecule has 0 saturated heterocycles. The number of esters is 2. The Bertz CT molecular complexity index is 289. The van der Waals surface area contributed by atoms with E-state index in [-0.39, 0.29) is 12.7 Å². The zero-order chi connectivity index (χ0) is 12.9. The van der Waals surface area contributed by atoms with Crippen LogP contribution >= 0.6 is 0 Å². The molecule has 0 N–H and O–H groups in total. The summed E-state index contributed by atoms with van der Waals surface area (Å²) < 4.78 is 15.5. The van der Waals surface area contributed by atoms with E-state index in [0.29, 0.717) is 12.8 Å². The quantitative estimate of drug-likeness (QED) is 0.700. The van der Waals surface area contributed by atoms with Gasteiger partial charge in [-0.2, -0.15) is 0 Å². The smallest absolute Gasteiger partial charge is 0.350 e. The summed E-state index contributed by atoms with van der Waals surface area (Å²) in [4.78, 5) is 23.1. The van der Waals surface area contributed by atoms with Crippen molar-refractivity contribution in [3.63, 3.8) is 0 Å². The van der Waals surface area contributed by atoms with Crippen molar-refractivity contribution in [1.29, 1.82) is 0 Å². The van der Waals surface area contributed by atoms with Gasteiger partial charge in [-0.15, -0.1) is 0 Å². The van der Waals surface area contributed by atoms with Crippen molar-refractivity contribution in [2.24, 2.45) is 0 Å². The van der Waals surface area contributed by atoms with Crippen LogP contribution in [0.25, 0.3) is 0 Å². The van der Waals surface area contributed by atoms with Gasteiger partial charge >= 0.3 is 11.9 Å². The summed E-state index contributed by atoms with van der Waals surface area (Å²) in [7, 11) is 1.60. The first-order valence-corrected chi connectivity index (χ1v) is 5.93. The third-order valence-corrected chi connectivity index (χ3v) is 2.98. The zero-order valence-corrected chi connectivity index (χ0v) is 10.7. The van der Waals surface area contributed by atoms with E-state index in [2.05, 4.69) is 0 Å². The fraction of sp³-hybridized carbons (Fsp3) is 0.833. The molecule has 0 bridgehead atoms. The van der Waals surface area contributed by atoms with Gasteiger partial charge in [0.2, 0.25) is 5.60 Å². The van der Waals surface area contributed by atoms with Crippen LogP contribution in [0.15, 0.2) is 0 Å². The first-order chi connectivity index (χ1) is 8.04. The molecule has 0 aromatic rings. The van der Waals surface area contributed by atoms with Crippen molar-refractivity contribution >= 4 is 11.9 Å². The van der Waals surface area contributed by atoms with Crippen molar-refractivity contribution in [2.45, 2.75) is 51.2 Å². The van der Waals surface area contributed by atoms with Crippen LogP contribution in [-0.4, -0.2) is 37.4 Å². The summed E-state index contributed by atoms with van der Waals surface area (Å²) in [6, 6.07) is 0. The number of carbonyl (C=O) groups is 2. The predicted octanol–water partition coefficient (Wildman–Crippen LogP) is 1.44. The Balaban J connectivity index is 2.84. The number of carbonyl (C=O) groups excluding carboxylic acids is 2. The lowest BCUT2D eigenvalue weighted by Crippen LogP contribution is -2.49. The fourth-order valence-electron chi connectivity index (χ4n) is 2.25. The first-order valence-electron chi connectivity index (χ1n) is 5.93. The lowest BCUT2D eigenvalue weighted by Gasteiger charge is -2.37. The second-order valence-electron chi connectivity index (χ2n) is 4.26. The molecule has 2 atom stereocenters. The number of hydrogen-bond donors (Lipinski definition) is 0. The largest absolute Gasteiger partial charge is 0.463 e. The molecule has 1 rings (SSSR count). The van der Waals surface area contributed by atoms with E-state index in [4.69, 9.17) is 14.2 Å². The van der Waals surface area contributed by atoms with Gasteiger partial charge in [-0.05, 0) is 26.2 Å². The average Bonchev–Trinajstić information content (AvgIpc) is 2.28. The maximum Gasteiger partial charge on any atom is 0.350 e. The van der Waals surface area contributed by atoms with Gasteiger partial charge in [0, 0.05) is 20.5 Å². The minimum absolute atomic E-state index is 0.0625. The zero-order valence-electron chi connectivity index (χ0n) is 10.7. The summed E-state index contributed by atoms with van der Waals surface area (Å²) in [6.45, 7) is 3.31. The van der Waals surface area contributed by atoms with Crippen LogP contribution in [0, 0.1) is 0 Å². The van der Waals surface area contributed by atoms with Crippen LogP contribution in [-0.2, 0) is 23.8 Å². The fourth-order valence-corrected chi connectivity index (χ4v) is 2.25. The van der Waals surface area contributed by atoms with Crippen molar-refractivity contribution in [2.75, 3.05) is 13.7 Å². The molecule has 0 spiro atoms. The Morgan fingerprint density at radius 1 is 1.41 bits per heavy atom. The lowest BCUT2D eigenvalue weighted by atomic mass is 9.82. The molecule has 5 heteroatoms. The van der Waals surface area contributed by atoms with Crippen LogP contribution in [0.3, 0.4) is 0 Å². The van der Waals surface area contributed by atoms with Crippen molar-refractivity contribution in [1.82, 2.24) is 0 Å². The molecule has 98 valence electrons. The molecule has 0 aromatic carbocycles. The standard InChI is InChI=1S/C12H20O5/c1-4-16-11(14)12(17-9(2)13)7-5-6-10(8-12)15-3/h10H,4-8H2,1-3H3. The van der Waals surface area contributed by atoms with Gasteiger partial charge in [0.25, 0.3) is 0 Å². The Kier molecular flexibility index (Phi) is 4.93. The van der Waals surface area contributed by atoms with Crippen molar-refractivity contribution in [3.05, 3.63) is 0 Å². The van der Waals surface area contributed by atoms with E-state index >= 15 is 0 Å². The van der Waals surface area contributed by atoms with Gasteiger partial charge in [-0.3, -0.25) is 4.79 Å². The minimum atomic E-state index is -1.15. The minimum Gasteiger partial charge on any atom is -0.463 e. The van der Waals surface area contributed by atoms with Crippen LogP contribution < -0.4 is 0 Å². The molecular weight excluding hydrogens is 224 g/mol. The highest BCUT2D eigenvalue weighted by Crippen LogP contribution is 2.34. The Hall–Kier alpha value is -1.10.